The molecule has 86 valence electrons. The van der Waals surface area contributed by atoms with Crippen LogP contribution in [0.4, 0.5) is 0 Å². The fourth-order valence-electron chi connectivity index (χ4n) is 2.70. The molecule has 0 atom stereocenters. The summed E-state index contributed by atoms with van der Waals surface area (Å²) in [6, 6.07) is 21.4. The van der Waals surface area contributed by atoms with E-state index in [0.29, 0.717) is 0 Å². The molecule has 0 saturated heterocycles. The minimum atomic E-state index is 1.10. The summed E-state index contributed by atoms with van der Waals surface area (Å²) < 4.78 is 3.36. The van der Waals surface area contributed by atoms with E-state index in [9.17, 15) is 0 Å². The van der Waals surface area contributed by atoms with Crippen LogP contribution in [0.2, 0.25) is 0 Å². The van der Waals surface area contributed by atoms with E-state index in [2.05, 4.69) is 81.0 Å². The summed E-state index contributed by atoms with van der Waals surface area (Å²) in [6.07, 6.45) is 0. The molecular formula is C16H10BrN. The highest BCUT2D eigenvalue weighted by atomic mass is 79.9. The predicted octanol–water partition coefficient (Wildman–Crippen LogP) is 5.01. The third kappa shape index (κ3) is 1.21. The predicted molar refractivity (Wildman–Crippen MR) is 80.1 cm³/mol. The van der Waals surface area contributed by atoms with E-state index in [4.69, 9.17) is 0 Å². The number of fused-ring (bicyclic) bond motifs is 6. The molecule has 2 aromatic carbocycles. The number of aromatic nitrogens is 1. The van der Waals surface area contributed by atoms with E-state index >= 15 is 0 Å². The third-order valence-electron chi connectivity index (χ3n) is 3.47. The van der Waals surface area contributed by atoms with Gasteiger partial charge in [-0.2, -0.15) is 0 Å². The van der Waals surface area contributed by atoms with Gasteiger partial charge in [0.15, 0.2) is 0 Å². The van der Waals surface area contributed by atoms with Gasteiger partial charge in [-0.1, -0.05) is 42.5 Å². The second-order valence-electron chi connectivity index (χ2n) is 4.44. The monoisotopic (exact) mass is 295 g/mol. The van der Waals surface area contributed by atoms with E-state index in [-0.39, 0.29) is 0 Å². The lowest BCUT2D eigenvalue weighted by Gasteiger charge is -2.09. The highest BCUT2D eigenvalue weighted by Gasteiger charge is 2.09. The Bertz CT molecular complexity index is 889. The van der Waals surface area contributed by atoms with Crippen LogP contribution in [0.1, 0.15) is 0 Å². The molecule has 0 unspecified atom stereocenters. The molecule has 0 N–H and O–H groups in total. The maximum absolute atomic E-state index is 3.64. The molecule has 2 heteroatoms. The first kappa shape index (κ1) is 10.2. The van der Waals surface area contributed by atoms with Gasteiger partial charge in [-0.25, -0.2) is 0 Å². The smallest absolute Gasteiger partial charge is 0.0897 e. The third-order valence-corrected chi connectivity index (χ3v) is 4.09. The molecule has 4 rings (SSSR count). The standard InChI is InChI=1S/C16H10BrN/c17-16-10-9-15-13-6-2-1-5-11(13)12-7-3-4-8-14(12)18(15)16/h1-10H. The highest BCUT2D eigenvalue weighted by Crippen LogP contribution is 2.32. The Morgan fingerprint density at radius 3 is 1.89 bits per heavy atom. The minimum absolute atomic E-state index is 1.10. The van der Waals surface area contributed by atoms with Crippen molar-refractivity contribution in [3.05, 3.63) is 65.3 Å². The van der Waals surface area contributed by atoms with Crippen LogP contribution in [0.25, 0.3) is 27.2 Å². The minimum Gasteiger partial charge on any atom is -0.303 e. The second kappa shape index (κ2) is 3.59. The lowest BCUT2D eigenvalue weighted by atomic mass is 10.1. The van der Waals surface area contributed by atoms with Crippen LogP contribution < -0.4 is 0 Å². The Balaban J connectivity index is 2.48. The topological polar surface area (TPSA) is 4.41 Å². The summed E-state index contributed by atoms with van der Waals surface area (Å²) in [7, 11) is 0. The number of hydrogen-bond donors (Lipinski definition) is 0. The van der Waals surface area contributed by atoms with Crippen LogP contribution in [0.15, 0.2) is 65.3 Å². The molecule has 0 spiro atoms. The Kier molecular flexibility index (Phi) is 2.03. The summed E-state index contributed by atoms with van der Waals surface area (Å²) in [5.74, 6) is 0. The van der Waals surface area contributed by atoms with E-state index in [0.717, 1.165) is 4.60 Å². The number of halogens is 1. The van der Waals surface area contributed by atoms with Crippen molar-refractivity contribution in [3.8, 4) is 0 Å². The Morgan fingerprint density at radius 2 is 1.17 bits per heavy atom. The summed E-state index contributed by atoms with van der Waals surface area (Å²) in [6.45, 7) is 0. The van der Waals surface area contributed by atoms with Gasteiger partial charge in [0.25, 0.3) is 0 Å². The molecule has 0 aliphatic carbocycles. The van der Waals surface area contributed by atoms with Crippen LogP contribution in [-0.2, 0) is 0 Å². The molecule has 0 bridgehead atoms. The molecular weight excluding hydrogens is 286 g/mol. The van der Waals surface area contributed by atoms with E-state index in [1.165, 1.54) is 27.2 Å². The molecule has 18 heavy (non-hydrogen) atoms. The highest BCUT2D eigenvalue weighted by molar-refractivity contribution is 9.10. The molecule has 0 aliphatic heterocycles. The SMILES string of the molecule is Brc1ccc2c3ccccc3c3ccccc3n12. The van der Waals surface area contributed by atoms with Crippen molar-refractivity contribution < 1.29 is 0 Å². The van der Waals surface area contributed by atoms with Gasteiger partial charge in [-0.15, -0.1) is 0 Å². The normalized spacial score (nSPS) is 11.6. The molecule has 2 aromatic heterocycles. The first-order valence-electron chi connectivity index (χ1n) is 5.93. The van der Waals surface area contributed by atoms with Gasteiger partial charge in [0, 0.05) is 10.8 Å². The summed E-state index contributed by atoms with van der Waals surface area (Å²) in [5.41, 5.74) is 2.49. The fourth-order valence-corrected chi connectivity index (χ4v) is 3.22. The maximum atomic E-state index is 3.64. The first-order valence-corrected chi connectivity index (χ1v) is 6.72. The first-order chi connectivity index (χ1) is 8.86. The molecule has 0 fully saturated rings. The zero-order valence-corrected chi connectivity index (χ0v) is 11.2. The van der Waals surface area contributed by atoms with E-state index in [1.54, 1.807) is 0 Å². The van der Waals surface area contributed by atoms with Gasteiger partial charge >= 0.3 is 0 Å². The Hall–Kier alpha value is -1.80. The number of rotatable bonds is 0. The Labute approximate surface area is 113 Å². The van der Waals surface area contributed by atoms with Crippen LogP contribution >= 0.6 is 15.9 Å². The summed E-state index contributed by atoms with van der Waals surface area (Å²) >= 11 is 3.64. The molecule has 4 aromatic rings. The maximum Gasteiger partial charge on any atom is 0.0897 e. The summed E-state index contributed by atoms with van der Waals surface area (Å²) in [4.78, 5) is 0. The molecule has 0 aliphatic rings. The van der Waals surface area contributed by atoms with Crippen molar-refractivity contribution in [2.45, 2.75) is 0 Å². The number of nitrogens with zero attached hydrogens (tertiary/aromatic N) is 1. The van der Waals surface area contributed by atoms with Gasteiger partial charge in [0.2, 0.25) is 0 Å². The second-order valence-corrected chi connectivity index (χ2v) is 5.25. The molecule has 0 radical (unpaired) electrons. The van der Waals surface area contributed by atoms with Crippen molar-refractivity contribution in [2.75, 3.05) is 0 Å². The van der Waals surface area contributed by atoms with Crippen molar-refractivity contribution in [1.29, 1.82) is 0 Å². The van der Waals surface area contributed by atoms with Gasteiger partial charge in [0.05, 0.1) is 15.6 Å². The van der Waals surface area contributed by atoms with Gasteiger partial charge in [-0.3, -0.25) is 0 Å². The molecule has 0 amide bonds. The zero-order chi connectivity index (χ0) is 12.1. The van der Waals surface area contributed by atoms with Crippen LogP contribution in [0.3, 0.4) is 0 Å². The average molecular weight is 296 g/mol. The average Bonchev–Trinajstić information content (AvgIpc) is 2.82. The lowest BCUT2D eigenvalue weighted by Crippen LogP contribution is -1.90. The molecule has 0 saturated carbocycles. The van der Waals surface area contributed by atoms with Gasteiger partial charge < -0.3 is 4.40 Å². The number of para-hydroxylation sites is 1. The Morgan fingerprint density at radius 1 is 0.611 bits per heavy atom. The van der Waals surface area contributed by atoms with Crippen molar-refractivity contribution in [2.24, 2.45) is 0 Å². The van der Waals surface area contributed by atoms with Crippen LogP contribution in [0, 0.1) is 0 Å². The molecule has 2 heterocycles. The van der Waals surface area contributed by atoms with E-state index < -0.39 is 0 Å². The van der Waals surface area contributed by atoms with Crippen molar-refractivity contribution in [3.63, 3.8) is 0 Å². The molecule has 1 nitrogen and oxygen atoms in total. The van der Waals surface area contributed by atoms with Crippen LogP contribution in [-0.4, -0.2) is 4.40 Å². The van der Waals surface area contributed by atoms with Gasteiger partial charge in [0.1, 0.15) is 0 Å². The zero-order valence-electron chi connectivity index (χ0n) is 9.60. The summed E-state index contributed by atoms with van der Waals surface area (Å²) in [5, 5.41) is 3.89. The van der Waals surface area contributed by atoms with Crippen molar-refractivity contribution >= 4 is 43.1 Å². The number of benzene rings is 2. The number of pyridine rings is 1. The van der Waals surface area contributed by atoms with Crippen molar-refractivity contribution in [1.82, 2.24) is 4.40 Å². The largest absolute Gasteiger partial charge is 0.303 e. The van der Waals surface area contributed by atoms with E-state index in [1.807, 2.05) is 0 Å². The van der Waals surface area contributed by atoms with Crippen LogP contribution in [0.5, 0.6) is 0 Å². The fraction of sp³-hybridized carbons (Fsp3) is 0. The quantitative estimate of drug-likeness (QED) is 0.402. The lowest BCUT2D eigenvalue weighted by molar-refractivity contribution is 1.24. The van der Waals surface area contributed by atoms with Gasteiger partial charge in [-0.05, 0) is 39.5 Å². The number of hydrogen-bond acceptors (Lipinski definition) is 0.